The van der Waals surface area contributed by atoms with Gasteiger partial charge in [-0.05, 0) is 17.2 Å². The van der Waals surface area contributed by atoms with Crippen LogP contribution in [0.15, 0.2) is 102 Å². The Bertz CT molecular complexity index is 1620. The summed E-state index contributed by atoms with van der Waals surface area (Å²) in [5, 5.41) is 2.09. The molecule has 6 rings (SSSR count). The summed E-state index contributed by atoms with van der Waals surface area (Å²) in [7, 11) is 0. The third kappa shape index (κ3) is 5.04. The van der Waals surface area contributed by atoms with Crippen molar-refractivity contribution in [2.45, 2.75) is 25.5 Å². The van der Waals surface area contributed by atoms with Crippen molar-refractivity contribution >= 4 is 5.91 Å². The van der Waals surface area contributed by atoms with Gasteiger partial charge in [-0.15, -0.1) is 5.92 Å². The van der Waals surface area contributed by atoms with E-state index in [1.54, 1.807) is 15.8 Å². The van der Waals surface area contributed by atoms with Crippen LogP contribution in [0.2, 0.25) is 0 Å². The minimum absolute atomic E-state index is 0.0396. The van der Waals surface area contributed by atoms with E-state index in [-0.39, 0.29) is 35.4 Å². The van der Waals surface area contributed by atoms with E-state index in [4.69, 9.17) is 9.47 Å². The van der Waals surface area contributed by atoms with Gasteiger partial charge in [0.15, 0.2) is 11.4 Å². The van der Waals surface area contributed by atoms with Crippen molar-refractivity contribution in [3.05, 3.63) is 130 Å². The average molecular weight is 532 g/mol. The van der Waals surface area contributed by atoms with Crippen LogP contribution >= 0.6 is 0 Å². The van der Waals surface area contributed by atoms with Crippen LogP contribution in [0.4, 0.5) is 0 Å². The lowest BCUT2D eigenvalue weighted by Crippen LogP contribution is -2.55. The van der Waals surface area contributed by atoms with E-state index in [0.717, 1.165) is 22.4 Å². The van der Waals surface area contributed by atoms with E-state index < -0.39 is 0 Å². The number of hydrogen-bond acceptors (Lipinski definition) is 5. The molecule has 3 heterocycles. The molecule has 3 aromatic carbocycles. The van der Waals surface area contributed by atoms with E-state index in [2.05, 4.69) is 29.0 Å². The molecule has 0 fully saturated rings. The fourth-order valence-electron chi connectivity index (χ4n) is 5.19. The number of aromatic nitrogens is 1. The van der Waals surface area contributed by atoms with Gasteiger partial charge in [-0.2, -0.15) is 0 Å². The number of hydrogen-bond donors (Lipinski definition) is 0. The smallest absolute Gasteiger partial charge is 0.277 e. The molecule has 2 bridgehead atoms. The van der Waals surface area contributed by atoms with Gasteiger partial charge in [0.05, 0.1) is 6.61 Å². The molecule has 0 spiro atoms. The topological polar surface area (TPSA) is 64.0 Å². The molecular weight excluding hydrogens is 502 g/mol. The fraction of sp³-hybridized carbons (Fsp3) is 0.212. The Morgan fingerprint density at radius 1 is 0.850 bits per heavy atom. The molecule has 0 saturated heterocycles. The third-order valence-electron chi connectivity index (χ3n) is 7.09. The minimum Gasteiger partial charge on any atom is -0.492 e. The maximum atomic E-state index is 14.0. The third-order valence-corrected chi connectivity index (χ3v) is 7.09. The van der Waals surface area contributed by atoms with Gasteiger partial charge in [-0.1, -0.05) is 84.8 Å². The number of rotatable bonds is 4. The normalized spacial score (nSPS) is 16.6. The summed E-state index contributed by atoms with van der Waals surface area (Å²) in [6, 6.07) is 28.8. The Labute approximate surface area is 233 Å². The first kappa shape index (κ1) is 25.3. The van der Waals surface area contributed by atoms with Gasteiger partial charge in [-0.3, -0.25) is 19.3 Å². The van der Waals surface area contributed by atoms with Gasteiger partial charge in [0.2, 0.25) is 5.43 Å². The molecule has 1 amide bonds. The molecule has 1 unspecified atom stereocenters. The second-order valence-corrected chi connectivity index (χ2v) is 9.68. The van der Waals surface area contributed by atoms with Gasteiger partial charge in [-0.25, -0.2) is 0 Å². The molecule has 2 aliphatic rings. The van der Waals surface area contributed by atoms with Crippen LogP contribution < -0.4 is 19.9 Å². The molecule has 0 N–H and O–H groups in total. The van der Waals surface area contributed by atoms with Crippen LogP contribution in [-0.4, -0.2) is 35.3 Å². The van der Waals surface area contributed by atoms with E-state index in [1.165, 1.54) is 6.07 Å². The Kier molecular flexibility index (Phi) is 7.23. The Hall–Kier alpha value is -4.96. The number of benzene rings is 3. The molecule has 40 heavy (non-hydrogen) atoms. The summed E-state index contributed by atoms with van der Waals surface area (Å²) in [6.07, 6.45) is 2.77. The maximum absolute atomic E-state index is 14.0. The van der Waals surface area contributed by atoms with Crippen molar-refractivity contribution in [2.24, 2.45) is 0 Å². The zero-order valence-corrected chi connectivity index (χ0v) is 22.0. The second kappa shape index (κ2) is 11.4. The summed E-state index contributed by atoms with van der Waals surface area (Å²) in [4.78, 5) is 28.9. The quantitative estimate of drug-likeness (QED) is 0.356. The SMILES string of the molecule is O=C1c2c(OCc3ccccc3)c(=O)ccn2N2CN1CCC#CCCOc1ccccc1C2c1ccccc1. The van der Waals surface area contributed by atoms with Crippen molar-refractivity contribution in [1.82, 2.24) is 9.58 Å². The molecule has 7 nitrogen and oxygen atoms in total. The number of carbonyl (C=O) groups excluding carboxylic acids is 1. The molecule has 200 valence electrons. The Balaban J connectivity index is 1.53. The predicted molar refractivity (Wildman–Crippen MR) is 153 cm³/mol. The molecule has 7 heteroatoms. The number of ether oxygens (including phenoxy) is 2. The van der Waals surface area contributed by atoms with E-state index in [1.807, 2.05) is 72.8 Å². The monoisotopic (exact) mass is 531 g/mol. The highest BCUT2D eigenvalue weighted by atomic mass is 16.5. The lowest BCUT2D eigenvalue weighted by molar-refractivity contribution is 0.0680. The van der Waals surface area contributed by atoms with E-state index >= 15 is 0 Å². The van der Waals surface area contributed by atoms with Crippen molar-refractivity contribution in [3.63, 3.8) is 0 Å². The zero-order valence-electron chi connectivity index (χ0n) is 22.0. The number of amides is 1. The number of carbonyl (C=O) groups is 1. The highest BCUT2D eigenvalue weighted by Gasteiger charge is 2.37. The number of pyridine rings is 1. The first-order chi connectivity index (χ1) is 19.7. The first-order valence-corrected chi connectivity index (χ1v) is 13.4. The average Bonchev–Trinajstić information content (AvgIpc) is 3.00. The molecule has 2 aliphatic heterocycles. The van der Waals surface area contributed by atoms with Gasteiger partial charge in [0, 0.05) is 37.2 Å². The zero-order chi connectivity index (χ0) is 27.3. The Morgan fingerprint density at radius 2 is 1.57 bits per heavy atom. The van der Waals surface area contributed by atoms with Crippen molar-refractivity contribution in [1.29, 1.82) is 0 Å². The molecule has 0 saturated carbocycles. The maximum Gasteiger partial charge on any atom is 0.277 e. The second-order valence-electron chi connectivity index (χ2n) is 9.68. The van der Waals surface area contributed by atoms with Crippen molar-refractivity contribution in [2.75, 3.05) is 24.8 Å². The van der Waals surface area contributed by atoms with Crippen LogP contribution in [0.1, 0.15) is 46.1 Å². The summed E-state index contributed by atoms with van der Waals surface area (Å²) >= 11 is 0. The number of fused-ring (bicyclic) bond motifs is 5. The number of para-hydroxylation sites is 1. The lowest BCUT2D eigenvalue weighted by atomic mass is 9.97. The molecular formula is C33H29N3O4. The molecule has 1 atom stereocenters. The van der Waals surface area contributed by atoms with Crippen LogP contribution in [-0.2, 0) is 6.61 Å². The predicted octanol–water partition coefficient (Wildman–Crippen LogP) is 4.74. The van der Waals surface area contributed by atoms with Gasteiger partial charge in [0.1, 0.15) is 25.1 Å². The van der Waals surface area contributed by atoms with Crippen LogP contribution in [0.25, 0.3) is 0 Å². The van der Waals surface area contributed by atoms with E-state index in [0.29, 0.717) is 32.7 Å². The molecule has 4 aromatic rings. The van der Waals surface area contributed by atoms with Crippen LogP contribution in [0, 0.1) is 11.8 Å². The fourth-order valence-corrected chi connectivity index (χ4v) is 5.19. The summed E-state index contributed by atoms with van der Waals surface area (Å²) < 4.78 is 14.1. The van der Waals surface area contributed by atoms with Crippen molar-refractivity contribution in [3.8, 4) is 23.3 Å². The summed E-state index contributed by atoms with van der Waals surface area (Å²) in [6.45, 7) is 1.36. The molecule has 1 aromatic heterocycles. The van der Waals surface area contributed by atoms with Gasteiger partial charge < -0.3 is 14.4 Å². The standard InChI is InChI=1S/C33H29N3O4/c37-28-19-21-35-31(32(28)40-23-25-13-5-3-6-14-25)33(38)34-20-11-1-2-12-22-39-29-18-10-9-17-27(29)30(36(35)24-34)26-15-7-4-8-16-26/h3-10,13-19,21,30H,11-12,20,22-24H2. The highest BCUT2D eigenvalue weighted by molar-refractivity contribution is 5.96. The first-order valence-electron chi connectivity index (χ1n) is 13.4. The van der Waals surface area contributed by atoms with Gasteiger partial charge >= 0.3 is 0 Å². The van der Waals surface area contributed by atoms with E-state index in [9.17, 15) is 9.59 Å². The minimum atomic E-state index is -0.338. The Morgan fingerprint density at radius 3 is 2.40 bits per heavy atom. The highest BCUT2D eigenvalue weighted by Crippen LogP contribution is 2.37. The summed E-state index contributed by atoms with van der Waals surface area (Å²) in [5.74, 6) is 6.86. The molecule has 0 radical (unpaired) electrons. The molecule has 0 aliphatic carbocycles. The van der Waals surface area contributed by atoms with Crippen LogP contribution in [0.3, 0.4) is 0 Å². The van der Waals surface area contributed by atoms with Crippen LogP contribution in [0.5, 0.6) is 11.5 Å². The largest absolute Gasteiger partial charge is 0.492 e. The van der Waals surface area contributed by atoms with Gasteiger partial charge in [0.25, 0.3) is 5.91 Å². The summed E-state index contributed by atoms with van der Waals surface area (Å²) in [5.41, 5.74) is 2.75. The number of nitrogens with zero attached hydrogens (tertiary/aromatic N) is 3. The lowest BCUT2D eigenvalue weighted by Gasteiger charge is -2.44. The van der Waals surface area contributed by atoms with Crippen molar-refractivity contribution < 1.29 is 14.3 Å².